The number of hydrogen-bond donors (Lipinski definition) is 1. The van der Waals surface area contributed by atoms with Crippen molar-refractivity contribution in [2.75, 3.05) is 0 Å². The fourth-order valence-corrected chi connectivity index (χ4v) is 1.90. The molecule has 1 aromatic carbocycles. The summed E-state index contributed by atoms with van der Waals surface area (Å²) in [5, 5.41) is 3.88. The van der Waals surface area contributed by atoms with Crippen LogP contribution in [0.25, 0.3) is 0 Å². The van der Waals surface area contributed by atoms with Gasteiger partial charge in [-0.25, -0.2) is 0 Å². The highest BCUT2D eigenvalue weighted by Crippen LogP contribution is 2.21. The van der Waals surface area contributed by atoms with Crippen LogP contribution in [0, 0.1) is 6.92 Å². The Morgan fingerprint density at radius 2 is 2.00 bits per heavy atom. The maximum atomic E-state index is 6.22. The van der Waals surface area contributed by atoms with Gasteiger partial charge in [-0.1, -0.05) is 33.2 Å². The summed E-state index contributed by atoms with van der Waals surface area (Å²) in [6.07, 6.45) is 0.666. The van der Waals surface area contributed by atoms with Crippen molar-refractivity contribution in [3.63, 3.8) is 0 Å². The molecule has 0 aliphatic heterocycles. The maximum Gasteiger partial charge on any atom is 0.223 e. The van der Waals surface area contributed by atoms with E-state index >= 15 is 0 Å². The number of halogens is 1. The Bertz CT molecular complexity index is 505. The quantitative estimate of drug-likeness (QED) is 0.945. The van der Waals surface area contributed by atoms with Crippen molar-refractivity contribution in [1.82, 2.24) is 10.1 Å². The standard InChI is InChI=1S/C12H14BrN3O/c1-8-15-11(16-17-8)12(2,14)7-9-3-5-10(13)6-4-9/h3-6H,7,14H2,1-2H3. The lowest BCUT2D eigenvalue weighted by Crippen LogP contribution is -2.36. The van der Waals surface area contributed by atoms with E-state index < -0.39 is 5.54 Å². The molecule has 0 aliphatic carbocycles. The summed E-state index contributed by atoms with van der Waals surface area (Å²) >= 11 is 3.40. The molecule has 0 spiro atoms. The van der Waals surface area contributed by atoms with Gasteiger partial charge < -0.3 is 10.3 Å². The predicted molar refractivity (Wildman–Crippen MR) is 68.4 cm³/mol. The van der Waals surface area contributed by atoms with E-state index in [-0.39, 0.29) is 0 Å². The largest absolute Gasteiger partial charge is 0.340 e. The van der Waals surface area contributed by atoms with Crippen LogP contribution in [0.4, 0.5) is 0 Å². The van der Waals surface area contributed by atoms with Crippen LogP contribution in [0.2, 0.25) is 0 Å². The maximum absolute atomic E-state index is 6.22. The molecule has 0 bridgehead atoms. The number of hydrogen-bond acceptors (Lipinski definition) is 4. The summed E-state index contributed by atoms with van der Waals surface area (Å²) in [5.41, 5.74) is 6.74. The molecule has 0 radical (unpaired) electrons. The SMILES string of the molecule is Cc1nc(C(C)(N)Cc2ccc(Br)cc2)no1. The summed E-state index contributed by atoms with van der Waals surface area (Å²) in [7, 11) is 0. The van der Waals surface area contributed by atoms with E-state index in [0.717, 1.165) is 10.0 Å². The van der Waals surface area contributed by atoms with Crippen molar-refractivity contribution >= 4 is 15.9 Å². The van der Waals surface area contributed by atoms with Gasteiger partial charge in [-0.05, 0) is 31.0 Å². The van der Waals surface area contributed by atoms with Crippen molar-refractivity contribution in [3.05, 3.63) is 46.0 Å². The van der Waals surface area contributed by atoms with E-state index in [1.165, 1.54) is 0 Å². The zero-order valence-electron chi connectivity index (χ0n) is 9.77. The van der Waals surface area contributed by atoms with Crippen LogP contribution in [-0.2, 0) is 12.0 Å². The molecule has 1 unspecified atom stereocenters. The van der Waals surface area contributed by atoms with Crippen LogP contribution in [-0.4, -0.2) is 10.1 Å². The Morgan fingerprint density at radius 1 is 1.35 bits per heavy atom. The van der Waals surface area contributed by atoms with Gasteiger partial charge in [-0.15, -0.1) is 0 Å². The van der Waals surface area contributed by atoms with E-state index in [4.69, 9.17) is 10.3 Å². The van der Waals surface area contributed by atoms with E-state index in [1.807, 2.05) is 31.2 Å². The van der Waals surface area contributed by atoms with Crippen LogP contribution in [0.15, 0.2) is 33.3 Å². The minimum Gasteiger partial charge on any atom is -0.340 e. The molecule has 2 N–H and O–H groups in total. The average molecular weight is 296 g/mol. The summed E-state index contributed by atoms with van der Waals surface area (Å²) in [5.74, 6) is 1.07. The van der Waals surface area contributed by atoms with E-state index in [2.05, 4.69) is 26.1 Å². The smallest absolute Gasteiger partial charge is 0.223 e. The van der Waals surface area contributed by atoms with Gasteiger partial charge in [0.15, 0.2) is 5.82 Å². The molecule has 90 valence electrons. The number of nitrogens with two attached hydrogens (primary N) is 1. The molecule has 1 aromatic heterocycles. The Balaban J connectivity index is 2.19. The summed E-state index contributed by atoms with van der Waals surface area (Å²) in [6.45, 7) is 3.66. The molecule has 0 saturated carbocycles. The molecular formula is C12H14BrN3O. The second kappa shape index (κ2) is 4.58. The first-order valence-corrected chi connectivity index (χ1v) is 6.11. The minimum atomic E-state index is -0.619. The fourth-order valence-electron chi connectivity index (χ4n) is 1.64. The second-order valence-electron chi connectivity index (χ2n) is 4.36. The highest BCUT2D eigenvalue weighted by atomic mass is 79.9. The predicted octanol–water partition coefficient (Wildman–Crippen LogP) is 2.56. The molecule has 0 aliphatic rings. The van der Waals surface area contributed by atoms with E-state index in [9.17, 15) is 0 Å². The first kappa shape index (κ1) is 12.3. The normalized spacial score (nSPS) is 14.6. The van der Waals surface area contributed by atoms with E-state index in [0.29, 0.717) is 18.1 Å². The van der Waals surface area contributed by atoms with Gasteiger partial charge >= 0.3 is 0 Å². The van der Waals surface area contributed by atoms with Gasteiger partial charge in [-0.2, -0.15) is 4.98 Å². The number of nitrogens with zero attached hydrogens (tertiary/aromatic N) is 2. The van der Waals surface area contributed by atoms with Gasteiger partial charge in [-0.3, -0.25) is 0 Å². The van der Waals surface area contributed by atoms with Crippen molar-refractivity contribution in [1.29, 1.82) is 0 Å². The molecule has 2 rings (SSSR count). The van der Waals surface area contributed by atoms with Crippen molar-refractivity contribution < 1.29 is 4.52 Å². The monoisotopic (exact) mass is 295 g/mol. The Morgan fingerprint density at radius 3 is 2.53 bits per heavy atom. The second-order valence-corrected chi connectivity index (χ2v) is 5.27. The minimum absolute atomic E-state index is 0.535. The number of aryl methyl sites for hydroxylation is 1. The molecule has 0 saturated heterocycles. The third-order valence-corrected chi connectivity index (χ3v) is 3.05. The number of benzene rings is 1. The van der Waals surface area contributed by atoms with Crippen molar-refractivity contribution in [2.45, 2.75) is 25.8 Å². The molecule has 0 amide bonds. The molecule has 17 heavy (non-hydrogen) atoms. The summed E-state index contributed by atoms with van der Waals surface area (Å²) < 4.78 is 6.01. The summed E-state index contributed by atoms with van der Waals surface area (Å²) in [6, 6.07) is 8.05. The molecule has 2 aromatic rings. The lowest BCUT2D eigenvalue weighted by Gasteiger charge is -2.20. The highest BCUT2D eigenvalue weighted by Gasteiger charge is 2.27. The molecule has 1 atom stereocenters. The molecule has 1 heterocycles. The Labute approximate surface area is 108 Å². The topological polar surface area (TPSA) is 64.9 Å². The highest BCUT2D eigenvalue weighted by molar-refractivity contribution is 9.10. The fraction of sp³-hybridized carbons (Fsp3) is 0.333. The van der Waals surface area contributed by atoms with Gasteiger partial charge in [0.25, 0.3) is 0 Å². The number of rotatable bonds is 3. The zero-order chi connectivity index (χ0) is 12.5. The first-order chi connectivity index (χ1) is 7.97. The molecule has 4 nitrogen and oxygen atoms in total. The van der Waals surface area contributed by atoms with Crippen LogP contribution < -0.4 is 5.73 Å². The summed E-state index contributed by atoms with van der Waals surface area (Å²) in [4.78, 5) is 4.18. The third-order valence-electron chi connectivity index (χ3n) is 2.52. The van der Waals surface area contributed by atoms with E-state index in [1.54, 1.807) is 6.92 Å². The van der Waals surface area contributed by atoms with Crippen LogP contribution in [0.3, 0.4) is 0 Å². The van der Waals surface area contributed by atoms with Crippen LogP contribution in [0.5, 0.6) is 0 Å². The third kappa shape index (κ3) is 2.92. The Hall–Kier alpha value is -1.20. The Kier molecular flexibility index (Phi) is 3.31. The van der Waals surface area contributed by atoms with Crippen molar-refractivity contribution in [3.8, 4) is 0 Å². The molecule has 5 heteroatoms. The zero-order valence-corrected chi connectivity index (χ0v) is 11.4. The molecule has 0 fully saturated rings. The lowest BCUT2D eigenvalue weighted by atomic mass is 9.93. The van der Waals surface area contributed by atoms with Gasteiger partial charge in [0.05, 0.1) is 5.54 Å². The average Bonchev–Trinajstić information content (AvgIpc) is 2.69. The molecular weight excluding hydrogens is 282 g/mol. The van der Waals surface area contributed by atoms with Crippen LogP contribution in [0.1, 0.15) is 24.2 Å². The lowest BCUT2D eigenvalue weighted by molar-refractivity contribution is 0.363. The van der Waals surface area contributed by atoms with Gasteiger partial charge in [0.2, 0.25) is 5.89 Å². The van der Waals surface area contributed by atoms with Crippen molar-refractivity contribution in [2.24, 2.45) is 5.73 Å². The first-order valence-electron chi connectivity index (χ1n) is 5.31. The van der Waals surface area contributed by atoms with Gasteiger partial charge in [0.1, 0.15) is 0 Å². The van der Waals surface area contributed by atoms with Crippen LogP contribution >= 0.6 is 15.9 Å². The number of aromatic nitrogens is 2. The van der Waals surface area contributed by atoms with Gasteiger partial charge in [0, 0.05) is 11.4 Å².